The Hall–Kier alpha value is -2.37. The Morgan fingerprint density at radius 3 is 2.52 bits per heavy atom. The van der Waals surface area contributed by atoms with Crippen LogP contribution in [-0.4, -0.2) is 40.4 Å². The largest absolute Gasteiger partial charge is 0.481 e. The van der Waals surface area contributed by atoms with Crippen molar-refractivity contribution in [2.24, 2.45) is 5.92 Å². The summed E-state index contributed by atoms with van der Waals surface area (Å²) in [5, 5.41) is 12.0. The second-order valence-electron chi connectivity index (χ2n) is 6.96. The van der Waals surface area contributed by atoms with Gasteiger partial charge in [-0.1, -0.05) is 43.2 Å². The maximum absolute atomic E-state index is 12.6. The first kappa shape index (κ1) is 17.5. The zero-order chi connectivity index (χ0) is 17.8. The molecular weight excluding hydrogens is 320 g/mol. The lowest BCUT2D eigenvalue weighted by atomic mass is 10.0. The van der Waals surface area contributed by atoms with Crippen molar-refractivity contribution in [2.45, 2.75) is 50.6 Å². The van der Waals surface area contributed by atoms with E-state index in [9.17, 15) is 14.4 Å². The Labute approximate surface area is 147 Å². The first-order valence-electron chi connectivity index (χ1n) is 8.91. The summed E-state index contributed by atoms with van der Waals surface area (Å²) in [6.07, 6.45) is 4.36. The molecule has 1 aliphatic carbocycles. The molecular formula is C19H24N2O4. The lowest BCUT2D eigenvalue weighted by molar-refractivity contribution is -0.138. The highest BCUT2D eigenvalue weighted by Gasteiger charge is 2.39. The second-order valence-corrected chi connectivity index (χ2v) is 6.96. The van der Waals surface area contributed by atoms with Crippen LogP contribution in [0.2, 0.25) is 0 Å². The van der Waals surface area contributed by atoms with Crippen LogP contribution in [0.3, 0.4) is 0 Å². The molecule has 3 rings (SSSR count). The molecule has 2 N–H and O–H groups in total. The second kappa shape index (κ2) is 7.68. The molecule has 1 aromatic rings. The zero-order valence-corrected chi connectivity index (χ0v) is 14.2. The van der Waals surface area contributed by atoms with Gasteiger partial charge in [-0.2, -0.15) is 0 Å². The Morgan fingerprint density at radius 2 is 1.88 bits per heavy atom. The van der Waals surface area contributed by atoms with E-state index in [-0.39, 0.29) is 30.7 Å². The van der Waals surface area contributed by atoms with Crippen LogP contribution in [0.5, 0.6) is 0 Å². The van der Waals surface area contributed by atoms with E-state index in [1.165, 1.54) is 0 Å². The Balaban J connectivity index is 1.65. The molecule has 0 radical (unpaired) electrons. The van der Waals surface area contributed by atoms with Crippen molar-refractivity contribution in [2.75, 3.05) is 6.54 Å². The van der Waals surface area contributed by atoms with E-state index in [1.807, 2.05) is 23.1 Å². The van der Waals surface area contributed by atoms with E-state index in [2.05, 4.69) is 5.32 Å². The van der Waals surface area contributed by atoms with Crippen LogP contribution < -0.4 is 5.32 Å². The molecule has 0 bridgehead atoms. The molecule has 1 saturated carbocycles. The van der Waals surface area contributed by atoms with Gasteiger partial charge in [0.25, 0.3) is 0 Å². The summed E-state index contributed by atoms with van der Waals surface area (Å²) in [4.78, 5) is 37.9. The third-order valence-electron chi connectivity index (χ3n) is 5.19. The monoisotopic (exact) mass is 344 g/mol. The summed E-state index contributed by atoms with van der Waals surface area (Å²) in [5.74, 6) is -1.55. The standard InChI is InChI=1S/C19H24N2O4/c22-17-10-14(12-21(17)15-8-4-5-9-15)19(25)20-16(11-18(23)24)13-6-2-1-3-7-13/h1-3,6-7,14-16H,4-5,8-12H2,(H,20,25)(H,23,24). The van der Waals surface area contributed by atoms with Crippen LogP contribution in [0.15, 0.2) is 30.3 Å². The van der Waals surface area contributed by atoms with Crippen LogP contribution in [0, 0.1) is 5.92 Å². The molecule has 1 heterocycles. The SMILES string of the molecule is O=C(O)CC(NC(=O)C1CC(=O)N(C2CCCC2)C1)c1ccccc1. The number of carbonyl (C=O) groups excluding carboxylic acids is 2. The third-order valence-corrected chi connectivity index (χ3v) is 5.19. The Bertz CT molecular complexity index is 640. The first-order chi connectivity index (χ1) is 12.0. The van der Waals surface area contributed by atoms with Gasteiger partial charge >= 0.3 is 5.97 Å². The van der Waals surface area contributed by atoms with E-state index in [4.69, 9.17) is 5.11 Å². The van der Waals surface area contributed by atoms with E-state index >= 15 is 0 Å². The van der Waals surface area contributed by atoms with Gasteiger partial charge in [-0.25, -0.2) is 0 Å². The number of carboxylic acids is 1. The molecule has 6 heteroatoms. The average Bonchev–Trinajstić information content (AvgIpc) is 3.24. The minimum absolute atomic E-state index is 0.0431. The number of nitrogens with one attached hydrogen (secondary N) is 1. The summed E-state index contributed by atoms with van der Waals surface area (Å²) < 4.78 is 0. The molecule has 0 aromatic heterocycles. The minimum atomic E-state index is -0.968. The summed E-state index contributed by atoms with van der Waals surface area (Å²) >= 11 is 0. The Kier molecular flexibility index (Phi) is 5.36. The number of nitrogens with zero attached hydrogens (tertiary/aromatic N) is 1. The lowest BCUT2D eigenvalue weighted by Crippen LogP contribution is -2.38. The minimum Gasteiger partial charge on any atom is -0.481 e. The first-order valence-corrected chi connectivity index (χ1v) is 8.91. The molecule has 25 heavy (non-hydrogen) atoms. The van der Waals surface area contributed by atoms with Crippen molar-refractivity contribution in [1.82, 2.24) is 10.2 Å². The predicted molar refractivity (Wildman–Crippen MR) is 91.7 cm³/mol. The fourth-order valence-electron chi connectivity index (χ4n) is 3.88. The highest BCUT2D eigenvalue weighted by Crippen LogP contribution is 2.30. The van der Waals surface area contributed by atoms with E-state index < -0.39 is 17.9 Å². The van der Waals surface area contributed by atoms with Gasteiger partial charge in [-0.15, -0.1) is 0 Å². The molecule has 2 amide bonds. The lowest BCUT2D eigenvalue weighted by Gasteiger charge is -2.24. The average molecular weight is 344 g/mol. The van der Waals surface area contributed by atoms with Crippen molar-refractivity contribution in [3.8, 4) is 0 Å². The summed E-state index contributed by atoms with van der Waals surface area (Å²) in [6, 6.07) is 8.78. The molecule has 1 saturated heterocycles. The molecule has 2 atom stereocenters. The fourth-order valence-corrected chi connectivity index (χ4v) is 3.88. The molecule has 134 valence electrons. The summed E-state index contributed by atoms with van der Waals surface area (Å²) in [5.41, 5.74) is 0.759. The van der Waals surface area contributed by atoms with E-state index in [0.29, 0.717) is 6.54 Å². The van der Waals surface area contributed by atoms with E-state index in [0.717, 1.165) is 31.2 Å². The van der Waals surface area contributed by atoms with Crippen LogP contribution >= 0.6 is 0 Å². The van der Waals surface area contributed by atoms with Gasteiger partial charge in [0, 0.05) is 19.0 Å². The van der Waals surface area contributed by atoms with Crippen molar-refractivity contribution in [3.63, 3.8) is 0 Å². The van der Waals surface area contributed by atoms with Gasteiger partial charge in [0.05, 0.1) is 18.4 Å². The van der Waals surface area contributed by atoms with Gasteiger partial charge < -0.3 is 15.3 Å². The number of rotatable bonds is 6. The summed E-state index contributed by atoms with van der Waals surface area (Å²) in [6.45, 7) is 0.448. The molecule has 2 aliphatic rings. The number of aliphatic carboxylic acids is 1. The molecule has 2 unspecified atom stereocenters. The maximum Gasteiger partial charge on any atom is 0.305 e. The topological polar surface area (TPSA) is 86.7 Å². The maximum atomic E-state index is 12.6. The zero-order valence-electron chi connectivity index (χ0n) is 14.2. The number of carboxylic acid groups (broad SMARTS) is 1. The third kappa shape index (κ3) is 4.18. The molecule has 1 aromatic carbocycles. The quantitative estimate of drug-likeness (QED) is 0.827. The van der Waals surface area contributed by atoms with Gasteiger partial charge in [0.1, 0.15) is 0 Å². The van der Waals surface area contributed by atoms with Gasteiger partial charge in [0.15, 0.2) is 0 Å². The highest BCUT2D eigenvalue weighted by atomic mass is 16.4. The number of hydrogen-bond acceptors (Lipinski definition) is 3. The number of benzene rings is 1. The van der Waals surface area contributed by atoms with Crippen molar-refractivity contribution < 1.29 is 19.5 Å². The molecule has 2 fully saturated rings. The number of carbonyl (C=O) groups is 3. The van der Waals surface area contributed by atoms with Crippen molar-refractivity contribution >= 4 is 17.8 Å². The summed E-state index contributed by atoms with van der Waals surface area (Å²) in [7, 11) is 0. The molecule has 1 aliphatic heterocycles. The van der Waals surface area contributed by atoms with Crippen LogP contribution in [0.4, 0.5) is 0 Å². The smallest absolute Gasteiger partial charge is 0.305 e. The number of likely N-dealkylation sites (tertiary alicyclic amines) is 1. The van der Waals surface area contributed by atoms with E-state index in [1.54, 1.807) is 12.1 Å². The van der Waals surface area contributed by atoms with Crippen LogP contribution in [0.1, 0.15) is 50.1 Å². The Morgan fingerprint density at radius 1 is 1.20 bits per heavy atom. The van der Waals surface area contributed by atoms with Gasteiger partial charge in [-0.05, 0) is 18.4 Å². The van der Waals surface area contributed by atoms with Crippen molar-refractivity contribution in [3.05, 3.63) is 35.9 Å². The number of amides is 2. The highest BCUT2D eigenvalue weighted by molar-refractivity contribution is 5.89. The van der Waals surface area contributed by atoms with Crippen molar-refractivity contribution in [1.29, 1.82) is 0 Å². The molecule has 0 spiro atoms. The molecule has 6 nitrogen and oxygen atoms in total. The fraction of sp³-hybridized carbons (Fsp3) is 0.526. The van der Waals surface area contributed by atoms with Gasteiger partial charge in [0.2, 0.25) is 11.8 Å². The normalized spacial score (nSPS) is 22.2. The van der Waals surface area contributed by atoms with Gasteiger partial charge in [-0.3, -0.25) is 14.4 Å². The number of hydrogen-bond donors (Lipinski definition) is 2. The predicted octanol–water partition coefficient (Wildman–Crippen LogP) is 2.11. The van der Waals surface area contributed by atoms with Crippen LogP contribution in [0.25, 0.3) is 0 Å². The van der Waals surface area contributed by atoms with Crippen LogP contribution in [-0.2, 0) is 14.4 Å².